The van der Waals surface area contributed by atoms with Crippen LogP contribution in [0.25, 0.3) is 0 Å². The molecule has 0 aliphatic rings. The molecule has 2 amide bonds. The molecule has 1 heterocycles. The summed E-state index contributed by atoms with van der Waals surface area (Å²) in [4.78, 5) is 25.6. The van der Waals surface area contributed by atoms with Crippen LogP contribution in [0.5, 0.6) is 0 Å². The summed E-state index contributed by atoms with van der Waals surface area (Å²) in [6.07, 6.45) is -0.103. The van der Waals surface area contributed by atoms with Crippen molar-refractivity contribution in [3.63, 3.8) is 0 Å². The number of carbonyl (C=O) groups excluding carboxylic acids is 1. The molecule has 0 radical (unpaired) electrons. The van der Waals surface area contributed by atoms with Crippen molar-refractivity contribution in [3.8, 4) is 0 Å². The van der Waals surface area contributed by atoms with E-state index in [1.54, 1.807) is 0 Å². The number of amides is 2. The first-order valence-corrected chi connectivity index (χ1v) is 4.71. The number of nitrogens with one attached hydrogen (secondary N) is 2. The lowest BCUT2D eigenvalue weighted by Crippen LogP contribution is -2.51. The average Bonchev–Trinajstić information content (AvgIpc) is 2.74. The standard InChI is InChI=1S/C8H12N4O5/c1-4(13)6(7(14)15)11-8(16)9-2-5-10-3-17-12-5/h3-4,6,13H,2H2,1H3,(H,14,15)(H2,9,11,16)/t4-,6+/m1/s1. The fraction of sp³-hybridized carbons (Fsp3) is 0.500. The van der Waals surface area contributed by atoms with Crippen LogP contribution in [0.3, 0.4) is 0 Å². The molecule has 17 heavy (non-hydrogen) atoms. The van der Waals surface area contributed by atoms with Gasteiger partial charge in [0.15, 0.2) is 11.9 Å². The Morgan fingerprint density at radius 3 is 2.76 bits per heavy atom. The Morgan fingerprint density at radius 1 is 1.59 bits per heavy atom. The van der Waals surface area contributed by atoms with Gasteiger partial charge in [-0.3, -0.25) is 0 Å². The summed E-state index contributed by atoms with van der Waals surface area (Å²) in [7, 11) is 0. The van der Waals surface area contributed by atoms with Crippen molar-refractivity contribution in [1.82, 2.24) is 20.8 Å². The van der Waals surface area contributed by atoms with Crippen LogP contribution < -0.4 is 10.6 Å². The lowest BCUT2D eigenvalue weighted by Gasteiger charge is -2.16. The van der Waals surface area contributed by atoms with E-state index in [2.05, 4.69) is 25.3 Å². The van der Waals surface area contributed by atoms with Gasteiger partial charge < -0.3 is 25.4 Å². The first-order chi connectivity index (χ1) is 8.00. The zero-order chi connectivity index (χ0) is 12.8. The summed E-state index contributed by atoms with van der Waals surface area (Å²) in [6, 6.07) is -2.12. The maximum atomic E-state index is 11.3. The van der Waals surface area contributed by atoms with Crippen molar-refractivity contribution < 1.29 is 24.3 Å². The van der Waals surface area contributed by atoms with Crippen molar-refractivity contribution >= 4 is 12.0 Å². The smallest absolute Gasteiger partial charge is 0.328 e. The number of rotatable bonds is 5. The number of hydrogen-bond donors (Lipinski definition) is 4. The third-order valence-corrected chi connectivity index (χ3v) is 1.85. The molecule has 0 unspecified atom stereocenters. The molecule has 94 valence electrons. The van der Waals surface area contributed by atoms with Gasteiger partial charge in [-0.05, 0) is 6.92 Å². The number of carboxylic acids is 1. The number of nitrogens with zero attached hydrogens (tertiary/aromatic N) is 2. The molecule has 0 aromatic carbocycles. The second-order valence-electron chi connectivity index (χ2n) is 3.23. The molecule has 0 bridgehead atoms. The number of aliphatic hydroxyl groups excluding tert-OH is 1. The summed E-state index contributed by atoms with van der Waals surface area (Å²) >= 11 is 0. The minimum Gasteiger partial charge on any atom is -0.480 e. The average molecular weight is 244 g/mol. The fourth-order valence-electron chi connectivity index (χ4n) is 1.01. The lowest BCUT2D eigenvalue weighted by atomic mass is 10.2. The molecule has 0 aliphatic carbocycles. The quantitative estimate of drug-likeness (QED) is 0.505. The van der Waals surface area contributed by atoms with Gasteiger partial charge in [0.2, 0.25) is 6.39 Å². The monoisotopic (exact) mass is 244 g/mol. The summed E-state index contributed by atoms with van der Waals surface area (Å²) < 4.78 is 4.44. The first-order valence-electron chi connectivity index (χ1n) is 4.71. The van der Waals surface area contributed by atoms with Crippen LogP contribution in [0.1, 0.15) is 12.7 Å². The normalized spacial score (nSPS) is 13.8. The maximum Gasteiger partial charge on any atom is 0.328 e. The minimum absolute atomic E-state index is 0.00547. The van der Waals surface area contributed by atoms with Gasteiger partial charge in [-0.2, -0.15) is 4.98 Å². The molecule has 0 spiro atoms. The largest absolute Gasteiger partial charge is 0.480 e. The number of carbonyl (C=O) groups is 2. The number of aliphatic carboxylic acids is 1. The zero-order valence-electron chi connectivity index (χ0n) is 8.95. The Hall–Kier alpha value is -2.16. The van der Waals surface area contributed by atoms with Gasteiger partial charge in [-0.1, -0.05) is 5.16 Å². The minimum atomic E-state index is -1.37. The Kier molecular flexibility index (Phi) is 4.40. The number of urea groups is 1. The number of hydrogen-bond acceptors (Lipinski definition) is 6. The van der Waals surface area contributed by atoms with Crippen LogP contribution in [0.15, 0.2) is 10.9 Å². The lowest BCUT2D eigenvalue weighted by molar-refractivity contribution is -0.141. The molecule has 1 rings (SSSR count). The van der Waals surface area contributed by atoms with Crippen LogP contribution >= 0.6 is 0 Å². The van der Waals surface area contributed by atoms with Gasteiger partial charge in [0, 0.05) is 0 Å². The number of carboxylic acid groups (broad SMARTS) is 1. The number of aromatic nitrogens is 2. The molecule has 1 aromatic rings. The fourth-order valence-corrected chi connectivity index (χ4v) is 1.01. The first kappa shape index (κ1) is 12.9. The Balaban J connectivity index is 2.40. The van der Waals surface area contributed by atoms with E-state index < -0.39 is 24.1 Å². The van der Waals surface area contributed by atoms with E-state index >= 15 is 0 Å². The van der Waals surface area contributed by atoms with Gasteiger partial charge in [0.05, 0.1) is 12.6 Å². The van der Waals surface area contributed by atoms with Crippen LogP contribution in [-0.4, -0.2) is 44.5 Å². The summed E-state index contributed by atoms with van der Waals surface area (Å²) in [5, 5.41) is 25.7. The highest BCUT2D eigenvalue weighted by atomic mass is 16.5. The Bertz CT molecular complexity index is 377. The van der Waals surface area contributed by atoms with Gasteiger partial charge in [0.25, 0.3) is 0 Å². The van der Waals surface area contributed by atoms with Crippen molar-refractivity contribution in [2.24, 2.45) is 0 Å². The van der Waals surface area contributed by atoms with Crippen LogP contribution in [-0.2, 0) is 11.3 Å². The van der Waals surface area contributed by atoms with E-state index in [0.29, 0.717) is 0 Å². The van der Waals surface area contributed by atoms with Crippen molar-refractivity contribution in [2.45, 2.75) is 25.6 Å². The highest BCUT2D eigenvalue weighted by Gasteiger charge is 2.24. The molecular weight excluding hydrogens is 232 g/mol. The SMILES string of the molecule is C[C@@H](O)[C@H](NC(=O)NCc1ncon1)C(=O)O. The predicted octanol–water partition coefficient (Wildman–Crippen LogP) is -1.30. The van der Waals surface area contributed by atoms with Gasteiger partial charge in [-0.25, -0.2) is 9.59 Å². The Labute approximate surface area is 95.8 Å². The second-order valence-corrected chi connectivity index (χ2v) is 3.23. The van der Waals surface area contributed by atoms with Gasteiger partial charge >= 0.3 is 12.0 Å². The van der Waals surface area contributed by atoms with Gasteiger partial charge in [0.1, 0.15) is 0 Å². The zero-order valence-corrected chi connectivity index (χ0v) is 8.95. The van der Waals surface area contributed by atoms with E-state index in [1.165, 1.54) is 6.92 Å². The molecule has 9 nitrogen and oxygen atoms in total. The summed E-state index contributed by atoms with van der Waals surface area (Å²) in [5.41, 5.74) is 0. The molecular formula is C8H12N4O5. The third kappa shape index (κ3) is 4.07. The highest BCUT2D eigenvalue weighted by Crippen LogP contribution is 1.93. The van der Waals surface area contributed by atoms with Crippen LogP contribution in [0, 0.1) is 0 Å². The molecule has 0 saturated heterocycles. The van der Waals surface area contributed by atoms with E-state index in [1.807, 2.05) is 0 Å². The molecule has 0 saturated carbocycles. The van der Waals surface area contributed by atoms with E-state index in [0.717, 1.165) is 6.39 Å². The van der Waals surface area contributed by atoms with Crippen molar-refractivity contribution in [2.75, 3.05) is 0 Å². The maximum absolute atomic E-state index is 11.3. The molecule has 9 heteroatoms. The second kappa shape index (κ2) is 5.80. The van der Waals surface area contributed by atoms with Crippen LogP contribution in [0.2, 0.25) is 0 Å². The molecule has 0 fully saturated rings. The highest BCUT2D eigenvalue weighted by molar-refractivity contribution is 5.82. The van der Waals surface area contributed by atoms with E-state index in [4.69, 9.17) is 10.2 Å². The topological polar surface area (TPSA) is 138 Å². The Morgan fingerprint density at radius 2 is 2.29 bits per heavy atom. The van der Waals surface area contributed by atoms with E-state index in [9.17, 15) is 9.59 Å². The third-order valence-electron chi connectivity index (χ3n) is 1.85. The van der Waals surface area contributed by atoms with Crippen molar-refractivity contribution in [3.05, 3.63) is 12.2 Å². The van der Waals surface area contributed by atoms with Crippen LogP contribution in [0.4, 0.5) is 4.79 Å². The summed E-state index contributed by atoms with van der Waals surface area (Å²) in [6.45, 7) is 1.26. The molecule has 4 N–H and O–H groups in total. The summed E-state index contributed by atoms with van der Waals surface area (Å²) in [5.74, 6) is -1.07. The molecule has 2 atom stereocenters. The van der Waals surface area contributed by atoms with E-state index in [-0.39, 0.29) is 12.4 Å². The number of aliphatic hydroxyl groups is 1. The van der Waals surface area contributed by atoms with Crippen molar-refractivity contribution in [1.29, 1.82) is 0 Å². The predicted molar refractivity (Wildman–Crippen MR) is 52.8 cm³/mol. The molecule has 1 aromatic heterocycles. The molecule has 0 aliphatic heterocycles. The van der Waals surface area contributed by atoms with Gasteiger partial charge in [-0.15, -0.1) is 0 Å².